The maximum absolute atomic E-state index is 5.86. The highest BCUT2D eigenvalue weighted by Crippen LogP contribution is 2.37. The van der Waals surface area contributed by atoms with Gasteiger partial charge in [0.05, 0.1) is 23.8 Å². The normalized spacial score (nSPS) is 18.2. The summed E-state index contributed by atoms with van der Waals surface area (Å²) in [6, 6.07) is 18.4. The van der Waals surface area contributed by atoms with Gasteiger partial charge < -0.3 is 9.57 Å². The van der Waals surface area contributed by atoms with Crippen molar-refractivity contribution in [3.05, 3.63) is 71.4 Å². The van der Waals surface area contributed by atoms with Crippen molar-refractivity contribution in [3.63, 3.8) is 0 Å². The molecule has 0 spiro atoms. The van der Waals surface area contributed by atoms with Crippen LogP contribution in [0.4, 0.5) is 0 Å². The molecule has 0 radical (unpaired) electrons. The first-order valence-corrected chi connectivity index (χ1v) is 9.23. The minimum absolute atomic E-state index is 0.0531. The van der Waals surface area contributed by atoms with Gasteiger partial charge in [-0.3, -0.25) is 4.98 Å². The van der Waals surface area contributed by atoms with E-state index in [0.29, 0.717) is 0 Å². The van der Waals surface area contributed by atoms with Crippen LogP contribution < -0.4 is 4.74 Å². The van der Waals surface area contributed by atoms with E-state index in [4.69, 9.17) is 14.6 Å². The number of para-hydroxylation sites is 1. The molecular formula is C23H24N2O2. The van der Waals surface area contributed by atoms with E-state index in [9.17, 15) is 0 Å². The van der Waals surface area contributed by atoms with Crippen LogP contribution in [0, 0.1) is 12.3 Å². The van der Waals surface area contributed by atoms with Crippen LogP contribution in [0.15, 0.2) is 59.8 Å². The third kappa shape index (κ3) is 3.16. The van der Waals surface area contributed by atoms with Gasteiger partial charge in [0, 0.05) is 23.1 Å². The Labute approximate surface area is 159 Å². The van der Waals surface area contributed by atoms with Crippen LogP contribution in [0.2, 0.25) is 0 Å². The highest BCUT2D eigenvalue weighted by atomic mass is 16.6. The lowest BCUT2D eigenvalue weighted by molar-refractivity contribution is 0.0365. The number of fused-ring (bicyclic) bond motifs is 1. The summed E-state index contributed by atoms with van der Waals surface area (Å²) in [4.78, 5) is 10.7. The summed E-state index contributed by atoms with van der Waals surface area (Å²) in [5.41, 5.74) is 5.12. The molecular weight excluding hydrogens is 336 g/mol. The van der Waals surface area contributed by atoms with Crippen molar-refractivity contribution in [1.29, 1.82) is 0 Å². The van der Waals surface area contributed by atoms with Crippen molar-refractivity contribution in [2.24, 2.45) is 10.6 Å². The second-order valence-corrected chi connectivity index (χ2v) is 7.64. The minimum atomic E-state index is -0.212. The number of oxime groups is 1. The monoisotopic (exact) mass is 360 g/mol. The lowest BCUT2D eigenvalue weighted by Crippen LogP contribution is -2.35. The van der Waals surface area contributed by atoms with Crippen LogP contribution in [-0.4, -0.2) is 23.9 Å². The zero-order chi connectivity index (χ0) is 19.0. The number of ether oxygens (including phenoxy) is 1. The molecule has 2 heterocycles. The summed E-state index contributed by atoms with van der Waals surface area (Å²) in [5, 5.41) is 5.62. The van der Waals surface area contributed by atoms with E-state index in [1.165, 1.54) is 10.9 Å². The molecule has 0 fully saturated rings. The Morgan fingerprint density at radius 3 is 2.56 bits per heavy atom. The molecule has 1 atom stereocenters. The summed E-state index contributed by atoms with van der Waals surface area (Å²) in [5.74, 6) is 0.837. The summed E-state index contributed by atoms with van der Waals surface area (Å²) in [6.45, 7) is 6.50. The molecule has 4 heteroatoms. The highest BCUT2D eigenvalue weighted by molar-refractivity contribution is 6.05. The second-order valence-electron chi connectivity index (χ2n) is 7.64. The fourth-order valence-electron chi connectivity index (χ4n) is 3.70. The van der Waals surface area contributed by atoms with Gasteiger partial charge in [-0.15, -0.1) is 0 Å². The van der Waals surface area contributed by atoms with Crippen LogP contribution in [0.3, 0.4) is 0 Å². The number of hydrogen-bond acceptors (Lipinski definition) is 4. The van der Waals surface area contributed by atoms with E-state index in [2.05, 4.69) is 50.2 Å². The minimum Gasteiger partial charge on any atom is -0.497 e. The fourth-order valence-corrected chi connectivity index (χ4v) is 3.70. The Kier molecular flexibility index (Phi) is 4.34. The Hall–Kier alpha value is -2.88. The van der Waals surface area contributed by atoms with Crippen molar-refractivity contribution in [1.82, 2.24) is 4.98 Å². The van der Waals surface area contributed by atoms with Gasteiger partial charge in [-0.2, -0.15) is 0 Å². The Bertz CT molecular complexity index is 1010. The van der Waals surface area contributed by atoms with Gasteiger partial charge in [-0.1, -0.05) is 37.2 Å². The first-order chi connectivity index (χ1) is 13.0. The molecule has 1 unspecified atom stereocenters. The highest BCUT2D eigenvalue weighted by Gasteiger charge is 2.42. The molecule has 0 saturated heterocycles. The smallest absolute Gasteiger partial charge is 0.143 e. The molecule has 0 amide bonds. The van der Waals surface area contributed by atoms with Crippen molar-refractivity contribution in [2.75, 3.05) is 7.11 Å². The lowest BCUT2D eigenvalue weighted by Gasteiger charge is -2.26. The Morgan fingerprint density at radius 1 is 1.07 bits per heavy atom. The Balaban J connectivity index is 1.59. The van der Waals surface area contributed by atoms with Crippen LogP contribution in [0.1, 0.15) is 30.7 Å². The van der Waals surface area contributed by atoms with Gasteiger partial charge in [0.2, 0.25) is 0 Å². The van der Waals surface area contributed by atoms with E-state index in [1.807, 2.05) is 30.3 Å². The van der Waals surface area contributed by atoms with E-state index in [0.717, 1.165) is 34.7 Å². The SMILES string of the molecule is COc1ccc(C2=NOC(Cc3cc(C)c4ccccc4n3)C2(C)C)cc1. The maximum atomic E-state index is 5.86. The predicted molar refractivity (Wildman–Crippen MR) is 108 cm³/mol. The summed E-state index contributed by atoms with van der Waals surface area (Å²) >= 11 is 0. The van der Waals surface area contributed by atoms with Gasteiger partial charge in [-0.05, 0) is 48.9 Å². The van der Waals surface area contributed by atoms with Crippen LogP contribution in [0.5, 0.6) is 5.75 Å². The molecule has 138 valence electrons. The number of aryl methyl sites for hydroxylation is 1. The molecule has 2 aromatic carbocycles. The molecule has 0 N–H and O–H groups in total. The number of methoxy groups -OCH3 is 1. The average molecular weight is 360 g/mol. The van der Waals surface area contributed by atoms with Crippen LogP contribution >= 0.6 is 0 Å². The maximum Gasteiger partial charge on any atom is 0.143 e. The topological polar surface area (TPSA) is 43.7 Å². The first-order valence-electron chi connectivity index (χ1n) is 9.23. The van der Waals surface area contributed by atoms with E-state index >= 15 is 0 Å². The fraction of sp³-hybridized carbons (Fsp3) is 0.304. The lowest BCUT2D eigenvalue weighted by atomic mass is 9.77. The molecule has 4 nitrogen and oxygen atoms in total. The molecule has 27 heavy (non-hydrogen) atoms. The third-order valence-electron chi connectivity index (χ3n) is 5.42. The van der Waals surface area contributed by atoms with Crippen LogP contribution in [0.25, 0.3) is 10.9 Å². The van der Waals surface area contributed by atoms with E-state index in [-0.39, 0.29) is 11.5 Å². The van der Waals surface area contributed by atoms with Crippen molar-refractivity contribution < 1.29 is 9.57 Å². The molecule has 1 aromatic heterocycles. The van der Waals surface area contributed by atoms with E-state index < -0.39 is 0 Å². The molecule has 1 aliphatic heterocycles. The first kappa shape index (κ1) is 17.5. The molecule has 0 saturated carbocycles. The number of aromatic nitrogens is 1. The Morgan fingerprint density at radius 2 is 1.81 bits per heavy atom. The van der Waals surface area contributed by atoms with Crippen molar-refractivity contribution >= 4 is 16.6 Å². The second kappa shape index (κ2) is 6.69. The summed E-state index contributed by atoms with van der Waals surface area (Å²) < 4.78 is 5.25. The zero-order valence-electron chi connectivity index (χ0n) is 16.2. The van der Waals surface area contributed by atoms with Gasteiger partial charge in [0.25, 0.3) is 0 Å². The molecule has 4 rings (SSSR count). The molecule has 0 aliphatic carbocycles. The predicted octanol–water partition coefficient (Wildman–Crippen LogP) is 4.92. The third-order valence-corrected chi connectivity index (χ3v) is 5.42. The van der Waals surface area contributed by atoms with Gasteiger partial charge in [0.15, 0.2) is 0 Å². The molecule has 1 aliphatic rings. The van der Waals surface area contributed by atoms with Crippen LogP contribution in [-0.2, 0) is 11.3 Å². The quantitative estimate of drug-likeness (QED) is 0.663. The largest absolute Gasteiger partial charge is 0.497 e. The average Bonchev–Trinajstić information content (AvgIpc) is 2.96. The van der Waals surface area contributed by atoms with Gasteiger partial charge >= 0.3 is 0 Å². The van der Waals surface area contributed by atoms with E-state index in [1.54, 1.807) is 7.11 Å². The van der Waals surface area contributed by atoms with Crippen molar-refractivity contribution in [3.8, 4) is 5.75 Å². The summed E-state index contributed by atoms with van der Waals surface area (Å²) in [6.07, 6.45) is 0.671. The number of pyridine rings is 1. The van der Waals surface area contributed by atoms with Gasteiger partial charge in [-0.25, -0.2) is 0 Å². The number of nitrogens with zero attached hydrogens (tertiary/aromatic N) is 2. The van der Waals surface area contributed by atoms with Crippen molar-refractivity contribution in [2.45, 2.75) is 33.3 Å². The number of benzene rings is 2. The number of hydrogen-bond donors (Lipinski definition) is 0. The zero-order valence-corrected chi connectivity index (χ0v) is 16.2. The van der Waals surface area contributed by atoms with Gasteiger partial charge in [0.1, 0.15) is 11.9 Å². The number of rotatable bonds is 4. The summed E-state index contributed by atoms with van der Waals surface area (Å²) in [7, 11) is 1.67. The molecule has 0 bridgehead atoms. The molecule has 3 aromatic rings. The standard InChI is InChI=1S/C23H24N2O2/c1-15-13-17(24-20-8-6-5-7-19(15)20)14-21-23(2,3)22(25-27-21)16-9-11-18(26-4)12-10-16/h5-13,21H,14H2,1-4H3.